The highest BCUT2D eigenvalue weighted by Gasteiger charge is 2.30. The zero-order valence-electron chi connectivity index (χ0n) is 14.0. The number of benzene rings is 1. The molecule has 2 heterocycles. The number of aromatic nitrogens is 1. The molecule has 7 nitrogen and oxygen atoms in total. The number of sulfonamides is 1. The molecule has 2 aromatic rings. The molecule has 0 spiro atoms. The highest BCUT2D eigenvalue weighted by Crippen LogP contribution is 2.25. The Balaban J connectivity index is 1.75. The SMILES string of the molecule is COc1ccc(S(=O)(=O)N2CCN(c3cc(C)on3)CC2)c(C)c1. The lowest BCUT2D eigenvalue weighted by atomic mass is 10.2. The second-order valence-corrected chi connectivity index (χ2v) is 7.72. The van der Waals surface area contributed by atoms with Gasteiger partial charge in [-0.3, -0.25) is 0 Å². The van der Waals surface area contributed by atoms with Crippen LogP contribution in [0.15, 0.2) is 33.7 Å². The van der Waals surface area contributed by atoms with Crippen molar-refractivity contribution in [3.8, 4) is 5.75 Å². The molecule has 0 bridgehead atoms. The van der Waals surface area contributed by atoms with E-state index in [0.717, 1.165) is 11.6 Å². The predicted octanol–water partition coefficient (Wildman–Crippen LogP) is 1.81. The summed E-state index contributed by atoms with van der Waals surface area (Å²) < 4.78 is 37.5. The van der Waals surface area contributed by atoms with E-state index in [2.05, 4.69) is 5.16 Å². The Hall–Kier alpha value is -2.06. The molecule has 130 valence electrons. The average molecular weight is 351 g/mol. The molecule has 0 atom stereocenters. The van der Waals surface area contributed by atoms with Crippen molar-refractivity contribution >= 4 is 15.8 Å². The molecule has 1 aliphatic rings. The Labute approximate surface area is 141 Å². The van der Waals surface area contributed by atoms with Gasteiger partial charge in [0.25, 0.3) is 0 Å². The van der Waals surface area contributed by atoms with E-state index in [-0.39, 0.29) is 0 Å². The van der Waals surface area contributed by atoms with Gasteiger partial charge in [-0.2, -0.15) is 4.31 Å². The van der Waals surface area contributed by atoms with Crippen molar-refractivity contribution in [2.45, 2.75) is 18.7 Å². The molecule has 0 amide bonds. The van der Waals surface area contributed by atoms with Crippen LogP contribution in [0, 0.1) is 13.8 Å². The van der Waals surface area contributed by atoms with Gasteiger partial charge in [0.1, 0.15) is 11.5 Å². The van der Waals surface area contributed by atoms with Crippen LogP contribution in [0.5, 0.6) is 5.75 Å². The average Bonchev–Trinajstić information content (AvgIpc) is 3.01. The van der Waals surface area contributed by atoms with Gasteiger partial charge in [0.15, 0.2) is 5.82 Å². The van der Waals surface area contributed by atoms with E-state index in [9.17, 15) is 8.42 Å². The van der Waals surface area contributed by atoms with Gasteiger partial charge in [0, 0.05) is 32.2 Å². The minimum Gasteiger partial charge on any atom is -0.497 e. The van der Waals surface area contributed by atoms with E-state index < -0.39 is 10.0 Å². The second kappa shape index (κ2) is 6.45. The Kier molecular flexibility index (Phi) is 4.51. The summed E-state index contributed by atoms with van der Waals surface area (Å²) in [4.78, 5) is 2.36. The molecule has 1 saturated heterocycles. The van der Waals surface area contributed by atoms with Crippen LogP contribution in [0.1, 0.15) is 11.3 Å². The topological polar surface area (TPSA) is 75.9 Å². The third-order valence-electron chi connectivity index (χ3n) is 4.18. The van der Waals surface area contributed by atoms with Crippen LogP contribution in [0.25, 0.3) is 0 Å². The van der Waals surface area contributed by atoms with Crippen molar-refractivity contribution < 1.29 is 17.7 Å². The van der Waals surface area contributed by atoms with E-state index in [1.165, 1.54) is 4.31 Å². The maximum atomic E-state index is 12.9. The molecule has 1 fully saturated rings. The molecule has 0 unspecified atom stereocenters. The predicted molar refractivity (Wildman–Crippen MR) is 89.9 cm³/mol. The summed E-state index contributed by atoms with van der Waals surface area (Å²) in [6, 6.07) is 6.88. The second-order valence-electron chi connectivity index (χ2n) is 5.82. The lowest BCUT2D eigenvalue weighted by Gasteiger charge is -2.34. The van der Waals surface area contributed by atoms with Crippen molar-refractivity contribution in [3.63, 3.8) is 0 Å². The van der Waals surface area contributed by atoms with E-state index in [1.54, 1.807) is 32.2 Å². The van der Waals surface area contributed by atoms with Crippen LogP contribution in [-0.2, 0) is 10.0 Å². The Bertz CT molecular complexity index is 824. The first-order valence-corrected chi connectivity index (χ1v) is 9.19. The summed E-state index contributed by atoms with van der Waals surface area (Å²) in [5.74, 6) is 2.15. The van der Waals surface area contributed by atoms with E-state index in [1.807, 2.05) is 17.9 Å². The largest absolute Gasteiger partial charge is 0.497 e. The van der Waals surface area contributed by atoms with Crippen LogP contribution in [-0.4, -0.2) is 51.2 Å². The van der Waals surface area contributed by atoms with Crippen molar-refractivity contribution in [3.05, 3.63) is 35.6 Å². The number of rotatable bonds is 4. The first-order chi connectivity index (χ1) is 11.4. The maximum Gasteiger partial charge on any atom is 0.243 e. The van der Waals surface area contributed by atoms with Gasteiger partial charge in [-0.25, -0.2) is 8.42 Å². The highest BCUT2D eigenvalue weighted by molar-refractivity contribution is 7.89. The smallest absolute Gasteiger partial charge is 0.243 e. The van der Waals surface area contributed by atoms with Crippen LogP contribution in [0.4, 0.5) is 5.82 Å². The summed E-state index contributed by atoms with van der Waals surface area (Å²) in [5.41, 5.74) is 0.684. The summed E-state index contributed by atoms with van der Waals surface area (Å²) in [6.45, 7) is 5.62. The van der Waals surface area contributed by atoms with E-state index in [4.69, 9.17) is 9.26 Å². The molecule has 0 N–H and O–H groups in total. The summed E-state index contributed by atoms with van der Waals surface area (Å²) in [5, 5.41) is 3.99. The monoisotopic (exact) mass is 351 g/mol. The summed E-state index contributed by atoms with van der Waals surface area (Å²) >= 11 is 0. The third-order valence-corrected chi connectivity index (χ3v) is 6.24. The van der Waals surface area contributed by atoms with Crippen molar-refractivity contribution in [1.82, 2.24) is 9.46 Å². The minimum atomic E-state index is -3.51. The van der Waals surface area contributed by atoms with Gasteiger partial charge in [-0.05, 0) is 37.6 Å². The molecular weight excluding hydrogens is 330 g/mol. The number of piperazine rings is 1. The maximum absolute atomic E-state index is 12.9. The van der Waals surface area contributed by atoms with Gasteiger partial charge in [0.05, 0.1) is 12.0 Å². The minimum absolute atomic E-state index is 0.328. The van der Waals surface area contributed by atoms with Gasteiger partial charge < -0.3 is 14.2 Å². The standard InChI is InChI=1S/C16H21N3O4S/c1-12-10-14(22-3)4-5-15(12)24(20,21)19-8-6-18(7-9-19)16-11-13(2)23-17-16/h4-5,10-11H,6-9H2,1-3H3. The number of anilines is 1. The third kappa shape index (κ3) is 3.11. The van der Waals surface area contributed by atoms with Gasteiger partial charge in [-0.1, -0.05) is 5.16 Å². The van der Waals surface area contributed by atoms with Crippen molar-refractivity contribution in [2.75, 3.05) is 38.2 Å². The fourth-order valence-electron chi connectivity index (χ4n) is 2.84. The molecule has 1 aliphatic heterocycles. The summed E-state index contributed by atoms with van der Waals surface area (Å²) in [7, 11) is -1.95. The van der Waals surface area contributed by atoms with Crippen LogP contribution >= 0.6 is 0 Å². The van der Waals surface area contributed by atoms with Crippen LogP contribution in [0.3, 0.4) is 0 Å². The molecule has 8 heteroatoms. The Morgan fingerprint density at radius 2 is 1.83 bits per heavy atom. The number of hydrogen-bond donors (Lipinski definition) is 0. The molecule has 0 aliphatic carbocycles. The number of ether oxygens (including phenoxy) is 1. The molecule has 0 radical (unpaired) electrons. The van der Waals surface area contributed by atoms with E-state index >= 15 is 0 Å². The lowest BCUT2D eigenvalue weighted by molar-refractivity contribution is 0.371. The molecular formula is C16H21N3O4S. The lowest BCUT2D eigenvalue weighted by Crippen LogP contribution is -2.48. The number of hydrogen-bond acceptors (Lipinski definition) is 6. The first kappa shape index (κ1) is 16.8. The zero-order chi connectivity index (χ0) is 17.3. The first-order valence-electron chi connectivity index (χ1n) is 7.75. The van der Waals surface area contributed by atoms with E-state index in [0.29, 0.717) is 42.4 Å². The number of nitrogens with zero attached hydrogens (tertiary/aromatic N) is 3. The highest BCUT2D eigenvalue weighted by atomic mass is 32.2. The van der Waals surface area contributed by atoms with Gasteiger partial charge in [-0.15, -0.1) is 0 Å². The van der Waals surface area contributed by atoms with Crippen LogP contribution in [0.2, 0.25) is 0 Å². The van der Waals surface area contributed by atoms with Crippen molar-refractivity contribution in [1.29, 1.82) is 0 Å². The van der Waals surface area contributed by atoms with Gasteiger partial charge in [0.2, 0.25) is 10.0 Å². The Morgan fingerprint density at radius 3 is 2.38 bits per heavy atom. The number of aryl methyl sites for hydroxylation is 2. The molecule has 3 rings (SSSR count). The molecule has 1 aromatic carbocycles. The van der Waals surface area contributed by atoms with Crippen LogP contribution < -0.4 is 9.64 Å². The normalized spacial score (nSPS) is 16.4. The number of methoxy groups -OCH3 is 1. The quantitative estimate of drug-likeness (QED) is 0.836. The Morgan fingerprint density at radius 1 is 1.12 bits per heavy atom. The fourth-order valence-corrected chi connectivity index (χ4v) is 4.47. The molecule has 24 heavy (non-hydrogen) atoms. The summed E-state index contributed by atoms with van der Waals surface area (Å²) in [6.07, 6.45) is 0. The molecule has 0 saturated carbocycles. The molecule has 1 aromatic heterocycles. The zero-order valence-corrected chi connectivity index (χ0v) is 14.8. The van der Waals surface area contributed by atoms with Gasteiger partial charge >= 0.3 is 0 Å². The fraction of sp³-hybridized carbons (Fsp3) is 0.438. The van der Waals surface area contributed by atoms with Crippen molar-refractivity contribution in [2.24, 2.45) is 0 Å².